The van der Waals surface area contributed by atoms with Gasteiger partial charge in [-0.25, -0.2) is 8.42 Å². The Morgan fingerprint density at radius 3 is 2.58 bits per heavy atom. The molecule has 0 aliphatic rings. The fraction of sp³-hybridized carbons (Fsp3) is 0.571. The third kappa shape index (κ3) is 6.45. The Hall–Kier alpha value is -0.520. The molecule has 0 heterocycles. The average molecular weight is 301 g/mol. The van der Waals surface area contributed by atoms with Crippen molar-refractivity contribution in [3.8, 4) is 0 Å². The molecule has 1 aromatic carbocycles. The molecule has 0 aliphatic heterocycles. The number of rotatable bonds is 8. The quantitative estimate of drug-likeness (QED) is 0.749. The topological polar surface area (TPSA) is 46.2 Å². The zero-order chi connectivity index (χ0) is 14.3. The Balaban J connectivity index is 2.57. The summed E-state index contributed by atoms with van der Waals surface area (Å²) in [6, 6.07) is 8.63. The molecular formula is C14H23NO2S2. The Bertz CT molecular complexity index is 486. The third-order valence-electron chi connectivity index (χ3n) is 2.90. The molecule has 0 aromatic heterocycles. The van der Waals surface area contributed by atoms with Crippen LogP contribution >= 0.6 is 11.8 Å². The molecule has 19 heavy (non-hydrogen) atoms. The summed E-state index contributed by atoms with van der Waals surface area (Å²) in [5.41, 5.74) is 2.58. The van der Waals surface area contributed by atoms with Gasteiger partial charge in [0.1, 0.15) is 9.84 Å². The molecule has 0 spiro atoms. The molecule has 1 unspecified atom stereocenters. The molecular weight excluding hydrogens is 278 g/mol. The molecule has 0 radical (unpaired) electrons. The summed E-state index contributed by atoms with van der Waals surface area (Å²) in [5.74, 6) is 1.81. The molecule has 1 N–H and O–H groups in total. The summed E-state index contributed by atoms with van der Waals surface area (Å²) >= 11 is 1.69. The van der Waals surface area contributed by atoms with Gasteiger partial charge in [-0.1, -0.05) is 31.2 Å². The number of nitrogens with one attached hydrogen (secondary N) is 1. The molecule has 0 aliphatic carbocycles. The van der Waals surface area contributed by atoms with Gasteiger partial charge in [-0.05, 0) is 24.6 Å². The summed E-state index contributed by atoms with van der Waals surface area (Å²) in [4.78, 5) is 0. The van der Waals surface area contributed by atoms with Crippen molar-refractivity contribution < 1.29 is 8.42 Å². The van der Waals surface area contributed by atoms with Crippen LogP contribution in [-0.4, -0.2) is 38.5 Å². The maximum Gasteiger partial charge on any atom is 0.148 e. The predicted octanol–water partition coefficient (Wildman–Crippen LogP) is 2.42. The van der Waals surface area contributed by atoms with Gasteiger partial charge in [0.05, 0.1) is 5.75 Å². The lowest BCUT2D eigenvalue weighted by Gasteiger charge is -2.20. The molecule has 1 rings (SSSR count). The van der Waals surface area contributed by atoms with E-state index in [1.807, 2.05) is 12.1 Å². The normalized spacial score (nSPS) is 13.4. The van der Waals surface area contributed by atoms with Crippen molar-refractivity contribution in [2.75, 3.05) is 30.1 Å². The standard InChI is InChI=1S/C14H23NO2S2/c1-4-15-14(11-18-9-10-19(3,16)17)13-8-6-5-7-12(13)2/h5-8,14-15H,4,9-11H2,1-3H3. The van der Waals surface area contributed by atoms with Crippen molar-refractivity contribution in [2.45, 2.75) is 19.9 Å². The van der Waals surface area contributed by atoms with E-state index >= 15 is 0 Å². The molecule has 0 amide bonds. The molecule has 1 atom stereocenters. The van der Waals surface area contributed by atoms with Gasteiger partial charge in [0, 0.05) is 23.8 Å². The molecule has 0 saturated carbocycles. The van der Waals surface area contributed by atoms with Crippen LogP contribution in [0.15, 0.2) is 24.3 Å². The average Bonchev–Trinajstić information content (AvgIpc) is 2.33. The highest BCUT2D eigenvalue weighted by molar-refractivity contribution is 8.00. The molecule has 0 saturated heterocycles. The van der Waals surface area contributed by atoms with Crippen LogP contribution in [0.2, 0.25) is 0 Å². The van der Waals surface area contributed by atoms with Gasteiger partial charge >= 0.3 is 0 Å². The van der Waals surface area contributed by atoms with Gasteiger partial charge in [-0.3, -0.25) is 0 Å². The van der Waals surface area contributed by atoms with Crippen molar-refractivity contribution in [2.24, 2.45) is 0 Å². The summed E-state index contributed by atoms with van der Waals surface area (Å²) in [5, 5.41) is 3.47. The highest BCUT2D eigenvalue weighted by Gasteiger charge is 2.12. The fourth-order valence-corrected chi connectivity index (χ4v) is 4.28. The van der Waals surface area contributed by atoms with Gasteiger partial charge < -0.3 is 5.32 Å². The first-order valence-electron chi connectivity index (χ1n) is 6.48. The minimum atomic E-state index is -2.85. The lowest BCUT2D eigenvalue weighted by Crippen LogP contribution is -2.24. The van der Waals surface area contributed by atoms with Crippen LogP contribution in [0.4, 0.5) is 0 Å². The Morgan fingerprint density at radius 1 is 1.32 bits per heavy atom. The lowest BCUT2D eigenvalue weighted by molar-refractivity contribution is 0.601. The maximum atomic E-state index is 11.1. The zero-order valence-corrected chi connectivity index (χ0v) is 13.5. The molecule has 108 valence electrons. The van der Waals surface area contributed by atoms with E-state index in [0.29, 0.717) is 5.75 Å². The van der Waals surface area contributed by atoms with Crippen molar-refractivity contribution in [3.63, 3.8) is 0 Å². The van der Waals surface area contributed by atoms with Crippen molar-refractivity contribution in [1.29, 1.82) is 0 Å². The van der Waals surface area contributed by atoms with Gasteiger partial charge in [0.25, 0.3) is 0 Å². The largest absolute Gasteiger partial charge is 0.310 e. The first-order chi connectivity index (χ1) is 8.94. The number of aryl methyl sites for hydroxylation is 1. The smallest absolute Gasteiger partial charge is 0.148 e. The van der Waals surface area contributed by atoms with Crippen LogP contribution in [0.5, 0.6) is 0 Å². The van der Waals surface area contributed by atoms with E-state index in [2.05, 4.69) is 31.3 Å². The minimum absolute atomic E-state index is 0.254. The highest BCUT2D eigenvalue weighted by Crippen LogP contribution is 2.21. The highest BCUT2D eigenvalue weighted by atomic mass is 32.2. The van der Waals surface area contributed by atoms with Crippen molar-refractivity contribution in [1.82, 2.24) is 5.32 Å². The van der Waals surface area contributed by atoms with Crippen LogP contribution in [0.3, 0.4) is 0 Å². The molecule has 1 aromatic rings. The zero-order valence-electron chi connectivity index (χ0n) is 11.8. The minimum Gasteiger partial charge on any atom is -0.310 e. The second-order valence-corrected chi connectivity index (χ2v) is 8.08. The van der Waals surface area contributed by atoms with Crippen molar-refractivity contribution >= 4 is 21.6 Å². The van der Waals surface area contributed by atoms with Crippen molar-refractivity contribution in [3.05, 3.63) is 35.4 Å². The second-order valence-electron chi connectivity index (χ2n) is 4.67. The van der Waals surface area contributed by atoms with Gasteiger partial charge in [0.2, 0.25) is 0 Å². The first kappa shape index (κ1) is 16.5. The van der Waals surface area contributed by atoms with Crippen LogP contribution in [0.1, 0.15) is 24.1 Å². The number of benzene rings is 1. The molecule has 0 bridgehead atoms. The predicted molar refractivity (Wildman–Crippen MR) is 84.6 cm³/mol. The molecule has 5 heteroatoms. The summed E-state index contributed by atoms with van der Waals surface area (Å²) in [6.45, 7) is 5.11. The number of hydrogen-bond donors (Lipinski definition) is 1. The molecule has 0 fully saturated rings. The summed E-state index contributed by atoms with van der Waals surface area (Å²) < 4.78 is 22.2. The Morgan fingerprint density at radius 2 is 2.00 bits per heavy atom. The number of sulfone groups is 1. The number of thioether (sulfide) groups is 1. The van der Waals surface area contributed by atoms with Crippen LogP contribution in [0, 0.1) is 6.92 Å². The van der Waals surface area contributed by atoms with E-state index in [9.17, 15) is 8.42 Å². The summed E-state index contributed by atoms with van der Waals surface area (Å²) in [6.07, 6.45) is 1.29. The van der Waals surface area contributed by atoms with E-state index < -0.39 is 9.84 Å². The van der Waals surface area contributed by atoms with Gasteiger partial charge in [-0.2, -0.15) is 11.8 Å². The Kier molecular flexibility index (Phi) is 6.89. The molecule has 3 nitrogen and oxygen atoms in total. The monoisotopic (exact) mass is 301 g/mol. The Labute approximate surface area is 121 Å². The van der Waals surface area contributed by atoms with Crippen LogP contribution in [-0.2, 0) is 9.84 Å². The van der Waals surface area contributed by atoms with E-state index in [-0.39, 0.29) is 11.8 Å². The SMILES string of the molecule is CCNC(CSCCS(C)(=O)=O)c1ccccc1C. The van der Waals surface area contributed by atoms with E-state index in [4.69, 9.17) is 0 Å². The maximum absolute atomic E-state index is 11.1. The third-order valence-corrected chi connectivity index (χ3v) is 5.16. The second kappa shape index (κ2) is 7.92. The van der Waals surface area contributed by atoms with E-state index in [1.54, 1.807) is 11.8 Å². The lowest BCUT2D eigenvalue weighted by atomic mass is 10.0. The number of hydrogen-bond acceptors (Lipinski definition) is 4. The fourth-order valence-electron chi connectivity index (χ4n) is 1.89. The first-order valence-corrected chi connectivity index (χ1v) is 9.70. The van der Waals surface area contributed by atoms with Gasteiger partial charge in [0.15, 0.2) is 0 Å². The van der Waals surface area contributed by atoms with Crippen LogP contribution in [0.25, 0.3) is 0 Å². The summed E-state index contributed by atoms with van der Waals surface area (Å²) in [7, 11) is -2.85. The van der Waals surface area contributed by atoms with Gasteiger partial charge in [-0.15, -0.1) is 0 Å². The van der Waals surface area contributed by atoms with Crippen LogP contribution < -0.4 is 5.32 Å². The van der Waals surface area contributed by atoms with E-state index in [0.717, 1.165) is 12.3 Å². The van der Waals surface area contributed by atoms with E-state index in [1.165, 1.54) is 17.4 Å².